The van der Waals surface area contributed by atoms with Crippen molar-refractivity contribution in [3.63, 3.8) is 0 Å². The Balaban J connectivity index is 1.19. The van der Waals surface area contributed by atoms with Gasteiger partial charge in [0.1, 0.15) is 67.6 Å². The van der Waals surface area contributed by atoms with Gasteiger partial charge in [-0.15, -0.1) is 0 Å². The van der Waals surface area contributed by atoms with Crippen LogP contribution in [0.15, 0.2) is 97.6 Å². The highest BCUT2D eigenvalue weighted by molar-refractivity contribution is 6.32. The van der Waals surface area contributed by atoms with E-state index in [-0.39, 0.29) is 44.6 Å². The smallest absolute Gasteiger partial charge is 0.323 e. The van der Waals surface area contributed by atoms with Gasteiger partial charge in [-0.1, -0.05) is 59.6 Å². The first-order chi connectivity index (χ1) is 30.4. The number of carboxylic acid groups (broad SMARTS) is 1. The molecule has 0 saturated carbocycles. The van der Waals surface area contributed by atoms with Crippen molar-refractivity contribution >= 4 is 29.2 Å². The molecule has 6 rings (SSSR count). The number of aliphatic hydroxyl groups excluding tert-OH is 2. The maximum atomic E-state index is 11.8. The highest BCUT2D eigenvalue weighted by Crippen LogP contribution is 2.37. The van der Waals surface area contributed by atoms with Crippen LogP contribution in [0.2, 0.25) is 10.0 Å². The molecule has 0 aliphatic rings. The SMILES string of the molecule is Cc1c(COc2cc(OCc3cncc(C#N)c3)c(CO)cc2Cl)cccc1-c1cccc(COc2cc(OCc3cncc(C#N)c3)c(CN[C@@H](C(=O)O)[C@@H](C)O)cc2Cl)c1C. The van der Waals surface area contributed by atoms with Crippen molar-refractivity contribution in [1.29, 1.82) is 10.5 Å². The van der Waals surface area contributed by atoms with Gasteiger partial charge in [-0.25, -0.2) is 0 Å². The second-order valence-electron chi connectivity index (χ2n) is 14.6. The van der Waals surface area contributed by atoms with E-state index in [9.17, 15) is 30.6 Å². The minimum Gasteiger partial charge on any atom is -0.488 e. The van der Waals surface area contributed by atoms with Crippen LogP contribution in [0.3, 0.4) is 0 Å². The quantitative estimate of drug-likeness (QED) is 0.0604. The summed E-state index contributed by atoms with van der Waals surface area (Å²) in [6.45, 7) is 5.65. The molecular formula is C48H43Cl2N5O8. The molecule has 4 aromatic carbocycles. The number of benzene rings is 4. The number of hydrogen-bond acceptors (Lipinski definition) is 12. The lowest BCUT2D eigenvalue weighted by molar-refractivity contribution is -0.142. The number of carbonyl (C=O) groups is 1. The van der Waals surface area contributed by atoms with Gasteiger partial charge in [0.2, 0.25) is 0 Å². The van der Waals surface area contributed by atoms with E-state index >= 15 is 0 Å². The van der Waals surface area contributed by atoms with Gasteiger partial charge >= 0.3 is 5.97 Å². The van der Waals surface area contributed by atoms with Crippen LogP contribution in [-0.2, 0) is 44.4 Å². The number of hydrogen-bond donors (Lipinski definition) is 4. The molecule has 0 spiro atoms. The van der Waals surface area contributed by atoms with Gasteiger partial charge < -0.3 is 34.3 Å². The lowest BCUT2D eigenvalue weighted by Gasteiger charge is -2.20. The van der Waals surface area contributed by atoms with Gasteiger partial charge in [0.05, 0.1) is 33.9 Å². The molecule has 0 amide bonds. The Morgan fingerprint density at radius 1 is 0.683 bits per heavy atom. The first-order valence-corrected chi connectivity index (χ1v) is 20.4. The summed E-state index contributed by atoms with van der Waals surface area (Å²) in [6.07, 6.45) is 4.94. The standard InChI is InChI=1S/C48H43Cl2N5O8/c1-28-35(26-62-45-14-43(60-24-33-10-31(16-51)18-53-20-33)37(12-41(45)49)22-55-47(30(3)57)48(58)59)6-4-8-39(28)40-9-5-7-36(29(40)2)27-63-46-15-44(38(23-56)13-42(46)50)61-25-34-11-32(17-52)19-54-21-34/h4-15,18-21,30,47,55-57H,22-27H2,1-3H3,(H,58,59)/t30-,47-/m1/s1. The number of halogens is 2. The largest absolute Gasteiger partial charge is 0.488 e. The number of carboxylic acids is 1. The molecule has 4 N–H and O–H groups in total. The Labute approximate surface area is 374 Å². The van der Waals surface area contributed by atoms with E-state index in [2.05, 4.69) is 27.4 Å². The van der Waals surface area contributed by atoms with Gasteiger partial charge in [-0.05, 0) is 78.4 Å². The molecule has 0 aliphatic carbocycles. The number of aliphatic hydroxyl groups is 2. The van der Waals surface area contributed by atoms with Gasteiger partial charge in [0, 0.05) is 65.7 Å². The number of rotatable bonds is 19. The van der Waals surface area contributed by atoms with E-state index in [0.29, 0.717) is 61.4 Å². The number of nitrogens with one attached hydrogen (secondary N) is 1. The summed E-state index contributed by atoms with van der Waals surface area (Å²) in [5.41, 5.74) is 8.90. The van der Waals surface area contributed by atoms with E-state index in [1.165, 1.54) is 19.3 Å². The van der Waals surface area contributed by atoms with Crippen LogP contribution in [0, 0.1) is 36.5 Å². The number of pyridine rings is 2. The maximum Gasteiger partial charge on any atom is 0.323 e. The maximum absolute atomic E-state index is 11.8. The van der Waals surface area contributed by atoms with Gasteiger partial charge in [0.15, 0.2) is 0 Å². The molecule has 15 heteroatoms. The third-order valence-corrected chi connectivity index (χ3v) is 10.8. The van der Waals surface area contributed by atoms with Crippen molar-refractivity contribution in [3.8, 4) is 46.3 Å². The summed E-state index contributed by atoms with van der Waals surface area (Å²) in [5, 5.41) is 51.6. The highest BCUT2D eigenvalue weighted by atomic mass is 35.5. The third kappa shape index (κ3) is 11.6. The van der Waals surface area contributed by atoms with E-state index in [0.717, 1.165) is 33.4 Å². The molecule has 63 heavy (non-hydrogen) atoms. The fourth-order valence-corrected chi connectivity index (χ4v) is 7.22. The zero-order chi connectivity index (χ0) is 45.0. The van der Waals surface area contributed by atoms with Crippen LogP contribution in [0.5, 0.6) is 23.0 Å². The highest BCUT2D eigenvalue weighted by Gasteiger charge is 2.24. The average molecular weight is 889 g/mol. The Morgan fingerprint density at radius 2 is 1.14 bits per heavy atom. The van der Waals surface area contributed by atoms with Crippen LogP contribution < -0.4 is 24.3 Å². The van der Waals surface area contributed by atoms with Crippen molar-refractivity contribution in [2.75, 3.05) is 0 Å². The lowest BCUT2D eigenvalue weighted by atomic mass is 9.92. The molecule has 2 heterocycles. The average Bonchev–Trinajstić information content (AvgIpc) is 3.28. The molecule has 6 aromatic rings. The van der Waals surface area contributed by atoms with Crippen LogP contribution in [0.25, 0.3) is 11.1 Å². The zero-order valence-corrected chi connectivity index (χ0v) is 36.1. The van der Waals surface area contributed by atoms with E-state index < -0.39 is 18.1 Å². The minimum atomic E-state index is -1.24. The Hall–Kier alpha value is -6.71. The van der Waals surface area contributed by atoms with Crippen LogP contribution in [0.1, 0.15) is 62.6 Å². The molecular weight excluding hydrogens is 845 g/mol. The van der Waals surface area contributed by atoms with Crippen LogP contribution in [-0.4, -0.2) is 43.4 Å². The number of aliphatic carboxylic acids is 1. The van der Waals surface area contributed by atoms with E-state index in [4.69, 9.17) is 42.1 Å². The fraction of sp³-hybridized carbons (Fsp3) is 0.229. The molecule has 0 bridgehead atoms. The summed E-state index contributed by atoms with van der Waals surface area (Å²) in [7, 11) is 0. The molecule has 0 saturated heterocycles. The first kappa shape index (κ1) is 45.8. The topological polar surface area (TPSA) is 200 Å². The molecule has 322 valence electrons. The number of aromatic nitrogens is 2. The molecule has 0 radical (unpaired) electrons. The molecule has 0 unspecified atom stereocenters. The van der Waals surface area contributed by atoms with Crippen LogP contribution in [0.4, 0.5) is 0 Å². The predicted molar refractivity (Wildman–Crippen MR) is 235 cm³/mol. The number of ether oxygens (including phenoxy) is 4. The van der Waals surface area contributed by atoms with Crippen molar-refractivity contribution < 1.29 is 39.1 Å². The monoisotopic (exact) mass is 887 g/mol. The Bertz CT molecular complexity index is 2700. The Morgan fingerprint density at radius 3 is 1.59 bits per heavy atom. The molecule has 0 aliphatic heterocycles. The second kappa shape index (κ2) is 21.4. The Kier molecular flexibility index (Phi) is 15.6. The molecule has 2 aromatic heterocycles. The van der Waals surface area contributed by atoms with Crippen molar-refractivity contribution in [2.24, 2.45) is 0 Å². The number of nitriles is 2. The van der Waals surface area contributed by atoms with E-state index in [1.54, 1.807) is 48.8 Å². The first-order valence-electron chi connectivity index (χ1n) is 19.7. The summed E-state index contributed by atoms with van der Waals surface area (Å²) in [6, 6.07) is 24.7. The predicted octanol–water partition coefficient (Wildman–Crippen LogP) is 8.54. The zero-order valence-electron chi connectivity index (χ0n) is 34.6. The van der Waals surface area contributed by atoms with Crippen molar-refractivity contribution in [3.05, 3.63) is 163 Å². The van der Waals surface area contributed by atoms with Crippen LogP contribution >= 0.6 is 23.2 Å². The van der Waals surface area contributed by atoms with Crippen molar-refractivity contribution in [2.45, 2.75) is 72.5 Å². The summed E-state index contributed by atoms with van der Waals surface area (Å²) >= 11 is 13.4. The third-order valence-electron chi connectivity index (χ3n) is 10.2. The number of nitrogens with zero attached hydrogens (tertiary/aromatic N) is 4. The van der Waals surface area contributed by atoms with Gasteiger partial charge in [0.25, 0.3) is 0 Å². The summed E-state index contributed by atoms with van der Waals surface area (Å²) in [5.74, 6) is 0.233. The van der Waals surface area contributed by atoms with Gasteiger partial charge in [-0.2, -0.15) is 10.5 Å². The summed E-state index contributed by atoms with van der Waals surface area (Å²) < 4.78 is 24.7. The minimum absolute atomic E-state index is 0.00918. The van der Waals surface area contributed by atoms with Crippen molar-refractivity contribution in [1.82, 2.24) is 15.3 Å². The fourth-order valence-electron chi connectivity index (χ4n) is 6.74. The van der Waals surface area contributed by atoms with Gasteiger partial charge in [-0.3, -0.25) is 20.1 Å². The molecule has 2 atom stereocenters. The molecule has 0 fully saturated rings. The normalized spacial score (nSPS) is 11.8. The van der Waals surface area contributed by atoms with E-state index in [1.807, 2.05) is 50.2 Å². The second-order valence-corrected chi connectivity index (χ2v) is 15.4. The lowest BCUT2D eigenvalue weighted by Crippen LogP contribution is -2.44. The summed E-state index contributed by atoms with van der Waals surface area (Å²) in [4.78, 5) is 19.9. The molecule has 13 nitrogen and oxygen atoms in total.